The van der Waals surface area contributed by atoms with Crippen LogP contribution in [0.1, 0.15) is 52.0 Å². The molecule has 2 heterocycles. The third-order valence-corrected chi connectivity index (χ3v) is 12.8. The molecule has 3 fully saturated rings. The largest absolute Gasteiger partial charge is 0.472 e. The zero-order chi connectivity index (χ0) is 39.6. The van der Waals surface area contributed by atoms with Crippen molar-refractivity contribution in [2.45, 2.75) is 81.3 Å². The minimum Gasteiger partial charge on any atom is -0.472 e. The summed E-state index contributed by atoms with van der Waals surface area (Å²) in [5.41, 5.74) is -1.59. The molecular formula is C40H49N5O9S. The zero-order valence-electron chi connectivity index (χ0n) is 31.6. The van der Waals surface area contributed by atoms with Crippen LogP contribution < -0.4 is 20.1 Å². The number of rotatable bonds is 15. The summed E-state index contributed by atoms with van der Waals surface area (Å²) in [5.74, 6) is -2.34. The summed E-state index contributed by atoms with van der Waals surface area (Å²) in [5, 5.41) is 7.12. The van der Waals surface area contributed by atoms with Crippen LogP contribution in [-0.4, -0.2) is 97.5 Å². The maximum Gasteiger partial charge on any atom is 0.407 e. The van der Waals surface area contributed by atoms with Crippen molar-refractivity contribution in [3.05, 3.63) is 85.1 Å². The van der Waals surface area contributed by atoms with Crippen LogP contribution in [0.15, 0.2) is 79.5 Å². The number of carbonyl (C=O) groups is 4. The Bertz CT molecular complexity index is 2040. The summed E-state index contributed by atoms with van der Waals surface area (Å²) < 4.78 is 45.2. The van der Waals surface area contributed by atoms with Crippen molar-refractivity contribution in [3.8, 4) is 5.88 Å². The molecule has 2 aromatic carbocycles. The maximum absolute atomic E-state index is 14.5. The molecule has 2 saturated carbocycles. The monoisotopic (exact) mass is 775 g/mol. The summed E-state index contributed by atoms with van der Waals surface area (Å²) in [6.07, 6.45) is 2.75. The van der Waals surface area contributed by atoms with Gasteiger partial charge in [0.2, 0.25) is 27.7 Å². The van der Waals surface area contributed by atoms with Gasteiger partial charge in [-0.2, -0.15) is 0 Å². The molecule has 3 N–H and O–H groups in total. The highest BCUT2D eigenvalue weighted by Gasteiger charge is 2.63. The van der Waals surface area contributed by atoms with E-state index in [1.807, 2.05) is 60.7 Å². The first-order valence-corrected chi connectivity index (χ1v) is 19.9. The van der Waals surface area contributed by atoms with Gasteiger partial charge in [-0.05, 0) is 54.2 Å². The summed E-state index contributed by atoms with van der Waals surface area (Å²) in [6.45, 7) is 9.21. The molecule has 4 amide bonds. The number of fused-ring (bicyclic) bond motifs is 1. The lowest BCUT2D eigenvalue weighted by atomic mass is 9.85. The van der Waals surface area contributed by atoms with Gasteiger partial charge < -0.3 is 29.7 Å². The van der Waals surface area contributed by atoms with Crippen LogP contribution in [0, 0.1) is 11.3 Å². The van der Waals surface area contributed by atoms with Crippen molar-refractivity contribution >= 4 is 44.6 Å². The van der Waals surface area contributed by atoms with Crippen LogP contribution in [0.25, 0.3) is 10.8 Å². The van der Waals surface area contributed by atoms with Gasteiger partial charge in [0.05, 0.1) is 17.9 Å². The Hall–Kier alpha value is -5.02. The number of carbonyl (C=O) groups excluding carboxylic acids is 4. The SMILES string of the molecule is C=C[C@@H]1C[C@]1(NC(=O)[C@@H]1C[C@@H](Oc2nccc3ccccc23)CN1C(=O)[C@@H](NC(=O)OCCOC)C(C)(C)C)C(=O)NS(=O)(=O)C1(Cc2ccccc2)CC1. The van der Waals surface area contributed by atoms with E-state index >= 15 is 0 Å². The van der Waals surface area contributed by atoms with Gasteiger partial charge >= 0.3 is 6.09 Å². The normalized spacial score (nSPS) is 23.3. The molecule has 55 heavy (non-hydrogen) atoms. The molecule has 15 heteroatoms. The summed E-state index contributed by atoms with van der Waals surface area (Å²) in [7, 11) is -2.68. The van der Waals surface area contributed by atoms with Crippen LogP contribution >= 0.6 is 0 Å². The number of ether oxygens (including phenoxy) is 3. The van der Waals surface area contributed by atoms with Gasteiger partial charge in [-0.25, -0.2) is 18.2 Å². The zero-order valence-corrected chi connectivity index (χ0v) is 32.4. The molecule has 2 aliphatic carbocycles. The number of likely N-dealkylation sites (tertiary alicyclic amines) is 1. The van der Waals surface area contributed by atoms with Crippen LogP contribution in [0.5, 0.6) is 5.88 Å². The highest BCUT2D eigenvalue weighted by molar-refractivity contribution is 7.91. The second-order valence-electron chi connectivity index (χ2n) is 15.7. The first-order chi connectivity index (χ1) is 26.1. The Labute approximate surface area is 321 Å². The minimum absolute atomic E-state index is 0.0204. The molecule has 0 unspecified atom stereocenters. The molecule has 1 aromatic heterocycles. The van der Waals surface area contributed by atoms with E-state index in [2.05, 4.69) is 26.9 Å². The number of hydrogen-bond donors (Lipinski definition) is 3. The first-order valence-electron chi connectivity index (χ1n) is 18.4. The number of pyridine rings is 1. The molecule has 0 bridgehead atoms. The quantitative estimate of drug-likeness (QED) is 0.152. The molecule has 14 nitrogen and oxygen atoms in total. The highest BCUT2D eigenvalue weighted by atomic mass is 32.2. The van der Waals surface area contributed by atoms with Crippen molar-refractivity contribution in [2.75, 3.05) is 26.9 Å². The van der Waals surface area contributed by atoms with E-state index in [9.17, 15) is 27.6 Å². The van der Waals surface area contributed by atoms with Gasteiger partial charge in [-0.3, -0.25) is 19.1 Å². The Balaban J connectivity index is 1.25. The molecule has 0 spiro atoms. The van der Waals surface area contributed by atoms with Crippen molar-refractivity contribution in [3.63, 3.8) is 0 Å². The van der Waals surface area contributed by atoms with Crippen LogP contribution in [0.4, 0.5) is 4.79 Å². The van der Waals surface area contributed by atoms with E-state index in [0.29, 0.717) is 18.7 Å². The van der Waals surface area contributed by atoms with E-state index in [1.54, 1.807) is 27.0 Å². The van der Waals surface area contributed by atoms with Crippen LogP contribution in [-0.2, 0) is 40.3 Å². The molecule has 3 aliphatic rings. The number of aromatic nitrogens is 1. The van der Waals surface area contributed by atoms with Gasteiger partial charge in [0.15, 0.2) is 0 Å². The predicted octanol–water partition coefficient (Wildman–Crippen LogP) is 3.65. The van der Waals surface area contributed by atoms with Gasteiger partial charge in [-0.15, -0.1) is 6.58 Å². The number of benzene rings is 2. The lowest BCUT2D eigenvalue weighted by molar-refractivity contribution is -0.142. The number of methoxy groups -OCH3 is 1. The average molecular weight is 776 g/mol. The van der Waals surface area contributed by atoms with Crippen molar-refractivity contribution < 1.29 is 41.8 Å². The predicted molar refractivity (Wildman–Crippen MR) is 204 cm³/mol. The summed E-state index contributed by atoms with van der Waals surface area (Å²) >= 11 is 0. The second kappa shape index (κ2) is 15.6. The van der Waals surface area contributed by atoms with Gasteiger partial charge in [-0.1, -0.05) is 75.4 Å². The van der Waals surface area contributed by atoms with Gasteiger partial charge in [0.1, 0.15) is 30.3 Å². The molecule has 5 atom stereocenters. The highest BCUT2D eigenvalue weighted by Crippen LogP contribution is 2.48. The first kappa shape index (κ1) is 39.7. The average Bonchev–Trinajstić information content (AvgIpc) is 4.05. The van der Waals surface area contributed by atoms with Gasteiger partial charge in [0, 0.05) is 31.0 Å². The number of nitrogens with one attached hydrogen (secondary N) is 3. The van der Waals surface area contributed by atoms with E-state index in [4.69, 9.17) is 14.2 Å². The summed E-state index contributed by atoms with van der Waals surface area (Å²) in [4.78, 5) is 61.4. The van der Waals surface area contributed by atoms with Crippen LogP contribution in [0.3, 0.4) is 0 Å². The van der Waals surface area contributed by atoms with E-state index in [1.165, 1.54) is 18.1 Å². The Morgan fingerprint density at radius 1 is 1.04 bits per heavy atom. The fourth-order valence-electron chi connectivity index (χ4n) is 7.22. The fraction of sp³-hybridized carbons (Fsp3) is 0.475. The third-order valence-electron chi connectivity index (χ3n) is 10.7. The Morgan fingerprint density at radius 3 is 2.40 bits per heavy atom. The lowest BCUT2D eigenvalue weighted by Crippen LogP contribution is -2.60. The summed E-state index contributed by atoms with van der Waals surface area (Å²) in [6, 6.07) is 16.3. The third kappa shape index (κ3) is 8.47. The smallest absolute Gasteiger partial charge is 0.407 e. The molecular weight excluding hydrogens is 727 g/mol. The minimum atomic E-state index is -4.15. The molecule has 3 aromatic rings. The van der Waals surface area contributed by atoms with Crippen molar-refractivity contribution in [2.24, 2.45) is 11.3 Å². The number of nitrogens with zero attached hydrogens (tertiary/aromatic N) is 2. The molecule has 0 radical (unpaired) electrons. The van der Waals surface area contributed by atoms with Crippen molar-refractivity contribution in [1.29, 1.82) is 0 Å². The fourth-order valence-corrected chi connectivity index (χ4v) is 8.86. The van der Waals surface area contributed by atoms with E-state index < -0.39 is 73.6 Å². The van der Waals surface area contributed by atoms with Crippen LogP contribution in [0.2, 0.25) is 0 Å². The number of alkyl carbamates (subject to hydrolysis) is 1. The molecule has 1 aliphatic heterocycles. The molecule has 6 rings (SSSR count). The number of amides is 4. The number of sulfonamides is 1. The van der Waals surface area contributed by atoms with E-state index in [-0.39, 0.29) is 39.0 Å². The second-order valence-corrected chi connectivity index (χ2v) is 17.8. The maximum atomic E-state index is 14.5. The molecule has 1 saturated heterocycles. The Kier molecular flexibility index (Phi) is 11.3. The molecule has 294 valence electrons. The van der Waals surface area contributed by atoms with Crippen molar-refractivity contribution in [1.82, 2.24) is 25.2 Å². The lowest BCUT2D eigenvalue weighted by Gasteiger charge is -2.35. The number of hydrogen-bond acceptors (Lipinski definition) is 10. The topological polar surface area (TPSA) is 182 Å². The standard InChI is InChI=1S/C40H49N5O9S/c1-6-28-24-40(28,36(48)44-55(50,51)39(17-18-39)23-26-12-8-7-9-13-26)43-33(46)31-22-29(54-34-30-15-11-10-14-27(30)16-19-41-34)25-45(31)35(47)32(38(2,3)4)42-37(49)53-21-20-52-5/h6-16,19,28-29,31-32H,1,17-18,20-25H2,2-5H3,(H,42,49)(H,43,46)(H,44,48)/t28-,29-,31+,32-,40-/m1/s1. The van der Waals surface area contributed by atoms with E-state index in [0.717, 1.165) is 16.3 Å². The van der Waals surface area contributed by atoms with Gasteiger partial charge in [0.25, 0.3) is 5.91 Å². The Morgan fingerprint density at radius 2 is 1.75 bits per heavy atom.